The molecule has 0 saturated heterocycles. The highest BCUT2D eigenvalue weighted by atomic mass is 32.2. The van der Waals surface area contributed by atoms with E-state index in [0.717, 1.165) is 17.9 Å². The van der Waals surface area contributed by atoms with Crippen molar-refractivity contribution in [3.05, 3.63) is 46.8 Å². The maximum absolute atomic E-state index is 6.32. The highest BCUT2D eigenvalue weighted by Crippen LogP contribution is 2.39. The molecule has 0 saturated carbocycles. The zero-order chi connectivity index (χ0) is 14.7. The summed E-state index contributed by atoms with van der Waals surface area (Å²) in [5.41, 5.74) is 9.79. The van der Waals surface area contributed by atoms with Crippen molar-refractivity contribution < 1.29 is 4.42 Å². The minimum absolute atomic E-state index is 0.0774. The second kappa shape index (κ2) is 6.46. The van der Waals surface area contributed by atoms with E-state index in [1.54, 1.807) is 11.8 Å². The Labute approximate surface area is 125 Å². The molecule has 20 heavy (non-hydrogen) atoms. The van der Waals surface area contributed by atoms with Crippen LogP contribution in [0, 0.1) is 20.8 Å². The highest BCUT2D eigenvalue weighted by molar-refractivity contribution is 7.99. The number of oxazole rings is 1. The molecule has 1 heterocycles. The summed E-state index contributed by atoms with van der Waals surface area (Å²) in [7, 11) is 0. The Morgan fingerprint density at radius 1 is 1.25 bits per heavy atom. The minimum atomic E-state index is 0.0774. The summed E-state index contributed by atoms with van der Waals surface area (Å²) in [5.74, 6) is 0.876. The number of benzene rings is 1. The number of aryl methyl sites for hydroxylation is 3. The standard InChI is InChI=1S/C16H22N2OS/c1-5-14(17)15(13-9-7-6-8-10(13)2)20-16-18-11(3)12(4)19-16/h6-9,14-15H,5,17H2,1-4H3. The van der Waals surface area contributed by atoms with Gasteiger partial charge in [-0.2, -0.15) is 0 Å². The van der Waals surface area contributed by atoms with Crippen LogP contribution >= 0.6 is 11.8 Å². The van der Waals surface area contributed by atoms with E-state index in [9.17, 15) is 0 Å². The van der Waals surface area contributed by atoms with Crippen LogP contribution in [0.2, 0.25) is 0 Å². The quantitative estimate of drug-likeness (QED) is 0.840. The van der Waals surface area contributed by atoms with Crippen LogP contribution in [0.5, 0.6) is 0 Å². The monoisotopic (exact) mass is 290 g/mol. The lowest BCUT2D eigenvalue weighted by Gasteiger charge is -2.23. The molecular formula is C16H22N2OS. The number of thioether (sulfide) groups is 1. The van der Waals surface area contributed by atoms with Gasteiger partial charge in [0, 0.05) is 6.04 Å². The molecule has 2 N–H and O–H groups in total. The van der Waals surface area contributed by atoms with Crippen molar-refractivity contribution >= 4 is 11.8 Å². The summed E-state index contributed by atoms with van der Waals surface area (Å²) < 4.78 is 5.70. The Morgan fingerprint density at radius 2 is 1.95 bits per heavy atom. The average molecular weight is 290 g/mol. The third-order valence-corrected chi connectivity index (χ3v) is 4.83. The second-order valence-corrected chi connectivity index (χ2v) is 6.18. The summed E-state index contributed by atoms with van der Waals surface area (Å²) >= 11 is 1.62. The van der Waals surface area contributed by atoms with Crippen LogP contribution in [0.4, 0.5) is 0 Å². The minimum Gasteiger partial charge on any atom is -0.437 e. The average Bonchev–Trinajstić information content (AvgIpc) is 2.75. The molecule has 1 aromatic heterocycles. The molecule has 0 spiro atoms. The van der Waals surface area contributed by atoms with Crippen LogP contribution in [0.3, 0.4) is 0 Å². The maximum atomic E-state index is 6.32. The number of nitrogens with zero attached hydrogens (tertiary/aromatic N) is 1. The van der Waals surface area contributed by atoms with Gasteiger partial charge in [-0.3, -0.25) is 0 Å². The molecule has 1 aromatic carbocycles. The molecule has 2 aromatic rings. The first-order valence-electron chi connectivity index (χ1n) is 6.94. The van der Waals surface area contributed by atoms with Gasteiger partial charge in [0.2, 0.25) is 0 Å². The van der Waals surface area contributed by atoms with E-state index >= 15 is 0 Å². The molecule has 2 atom stereocenters. The Hall–Kier alpha value is -1.26. The topological polar surface area (TPSA) is 52.0 Å². The summed E-state index contributed by atoms with van der Waals surface area (Å²) in [6.07, 6.45) is 0.921. The van der Waals surface area contributed by atoms with Gasteiger partial charge in [-0.15, -0.1) is 0 Å². The van der Waals surface area contributed by atoms with Gasteiger partial charge in [0.05, 0.1) is 10.9 Å². The van der Waals surface area contributed by atoms with Crippen LogP contribution < -0.4 is 5.73 Å². The van der Waals surface area contributed by atoms with Crippen molar-refractivity contribution in [2.75, 3.05) is 0 Å². The Balaban J connectivity index is 2.31. The van der Waals surface area contributed by atoms with Crippen molar-refractivity contribution in [2.45, 2.75) is 50.6 Å². The van der Waals surface area contributed by atoms with Gasteiger partial charge in [-0.25, -0.2) is 4.98 Å². The molecule has 2 unspecified atom stereocenters. The lowest BCUT2D eigenvalue weighted by molar-refractivity contribution is 0.429. The molecule has 0 bridgehead atoms. The fourth-order valence-electron chi connectivity index (χ4n) is 2.10. The number of rotatable bonds is 5. The molecule has 0 aliphatic carbocycles. The highest BCUT2D eigenvalue weighted by Gasteiger charge is 2.24. The largest absolute Gasteiger partial charge is 0.437 e. The van der Waals surface area contributed by atoms with E-state index < -0.39 is 0 Å². The van der Waals surface area contributed by atoms with E-state index in [1.165, 1.54) is 11.1 Å². The van der Waals surface area contributed by atoms with Crippen molar-refractivity contribution in [3.63, 3.8) is 0 Å². The van der Waals surface area contributed by atoms with E-state index in [1.807, 2.05) is 13.8 Å². The van der Waals surface area contributed by atoms with Crippen LogP contribution in [0.1, 0.15) is 41.2 Å². The third kappa shape index (κ3) is 3.25. The van der Waals surface area contributed by atoms with E-state index in [-0.39, 0.29) is 11.3 Å². The van der Waals surface area contributed by atoms with E-state index in [4.69, 9.17) is 10.2 Å². The molecule has 2 rings (SSSR count). The van der Waals surface area contributed by atoms with Gasteiger partial charge in [-0.05, 0) is 38.3 Å². The van der Waals surface area contributed by atoms with Crippen LogP contribution in [0.15, 0.2) is 33.9 Å². The zero-order valence-electron chi connectivity index (χ0n) is 12.5. The predicted molar refractivity (Wildman–Crippen MR) is 84.0 cm³/mol. The molecule has 0 aliphatic rings. The molecule has 4 heteroatoms. The molecular weight excluding hydrogens is 268 g/mol. The molecule has 0 amide bonds. The summed E-state index contributed by atoms with van der Waals surface area (Å²) in [4.78, 5) is 4.46. The fraction of sp³-hybridized carbons (Fsp3) is 0.438. The first kappa shape index (κ1) is 15.1. The molecule has 3 nitrogen and oxygen atoms in total. The van der Waals surface area contributed by atoms with Gasteiger partial charge in [0.1, 0.15) is 5.76 Å². The SMILES string of the molecule is CCC(N)C(Sc1nc(C)c(C)o1)c1ccccc1C. The van der Waals surface area contributed by atoms with E-state index in [2.05, 4.69) is 43.1 Å². The summed E-state index contributed by atoms with van der Waals surface area (Å²) in [5, 5.41) is 0.871. The number of nitrogens with two attached hydrogens (primary N) is 1. The molecule has 108 valence electrons. The number of hydrogen-bond donors (Lipinski definition) is 1. The fourth-order valence-corrected chi connectivity index (χ4v) is 3.44. The Kier molecular flexibility index (Phi) is 4.89. The Bertz CT molecular complexity index is 560. The van der Waals surface area contributed by atoms with Gasteiger partial charge in [-0.1, -0.05) is 43.0 Å². The van der Waals surface area contributed by atoms with Crippen LogP contribution in [-0.4, -0.2) is 11.0 Å². The predicted octanol–water partition coefficient (Wildman–Crippen LogP) is 4.17. The van der Waals surface area contributed by atoms with Gasteiger partial charge >= 0.3 is 0 Å². The lowest BCUT2D eigenvalue weighted by atomic mass is 10.00. The Morgan fingerprint density at radius 3 is 2.50 bits per heavy atom. The normalized spacial score (nSPS) is 14.2. The maximum Gasteiger partial charge on any atom is 0.256 e. The lowest BCUT2D eigenvalue weighted by Crippen LogP contribution is -2.26. The van der Waals surface area contributed by atoms with Crippen LogP contribution in [-0.2, 0) is 0 Å². The third-order valence-electron chi connectivity index (χ3n) is 3.59. The zero-order valence-corrected chi connectivity index (χ0v) is 13.3. The molecule has 0 radical (unpaired) electrons. The van der Waals surface area contributed by atoms with Gasteiger partial charge in [0.15, 0.2) is 0 Å². The van der Waals surface area contributed by atoms with Gasteiger partial charge in [0.25, 0.3) is 5.22 Å². The van der Waals surface area contributed by atoms with Crippen molar-refractivity contribution in [3.8, 4) is 0 Å². The molecule has 0 fully saturated rings. The summed E-state index contributed by atoms with van der Waals surface area (Å²) in [6.45, 7) is 8.14. The van der Waals surface area contributed by atoms with Crippen molar-refractivity contribution in [1.82, 2.24) is 4.98 Å². The molecule has 0 aliphatic heterocycles. The first-order valence-corrected chi connectivity index (χ1v) is 7.82. The second-order valence-electron chi connectivity index (χ2n) is 5.09. The van der Waals surface area contributed by atoms with Crippen molar-refractivity contribution in [1.29, 1.82) is 0 Å². The first-order chi connectivity index (χ1) is 9.52. The smallest absolute Gasteiger partial charge is 0.256 e. The summed E-state index contributed by atoms with van der Waals surface area (Å²) in [6, 6.07) is 8.46. The van der Waals surface area contributed by atoms with Crippen molar-refractivity contribution in [2.24, 2.45) is 5.73 Å². The van der Waals surface area contributed by atoms with E-state index in [0.29, 0.717) is 5.22 Å². The van der Waals surface area contributed by atoms with Gasteiger partial charge < -0.3 is 10.2 Å². The number of hydrogen-bond acceptors (Lipinski definition) is 4. The number of aromatic nitrogens is 1. The van der Waals surface area contributed by atoms with Crippen LogP contribution in [0.25, 0.3) is 0 Å².